The van der Waals surface area contributed by atoms with Crippen molar-refractivity contribution >= 4 is 29.3 Å². The van der Waals surface area contributed by atoms with Crippen LogP contribution in [0.3, 0.4) is 0 Å². The summed E-state index contributed by atoms with van der Waals surface area (Å²) in [6.45, 7) is 6.54. The number of alkyl carbamates (subject to hydrolysis) is 1. The minimum absolute atomic E-state index is 0.0527. The number of ether oxygens (including phenoxy) is 1. The molecule has 0 spiro atoms. The monoisotopic (exact) mass is 400 g/mol. The normalized spacial score (nSPS) is 13.6. The molecule has 3 rings (SSSR count). The molecule has 1 heterocycles. The quantitative estimate of drug-likeness (QED) is 0.792. The van der Waals surface area contributed by atoms with Gasteiger partial charge in [0.25, 0.3) is 5.91 Å². The highest BCUT2D eigenvalue weighted by Gasteiger charge is 2.24. The van der Waals surface area contributed by atoms with E-state index in [4.69, 9.17) is 16.3 Å². The average molecular weight is 401 g/mol. The first-order valence-corrected chi connectivity index (χ1v) is 9.77. The Bertz CT molecular complexity index is 890. The molecule has 0 atom stereocenters. The molecule has 5 nitrogen and oxygen atoms in total. The molecule has 0 aliphatic carbocycles. The van der Waals surface area contributed by atoms with Crippen LogP contribution in [0.2, 0.25) is 5.02 Å². The van der Waals surface area contributed by atoms with E-state index in [0.717, 1.165) is 29.7 Å². The van der Waals surface area contributed by atoms with Gasteiger partial charge in [0.05, 0.1) is 0 Å². The van der Waals surface area contributed by atoms with Crippen LogP contribution in [0.4, 0.5) is 10.5 Å². The van der Waals surface area contributed by atoms with Crippen molar-refractivity contribution in [1.82, 2.24) is 5.32 Å². The number of anilines is 1. The van der Waals surface area contributed by atoms with Crippen molar-refractivity contribution in [1.29, 1.82) is 0 Å². The molecule has 0 radical (unpaired) electrons. The van der Waals surface area contributed by atoms with Crippen LogP contribution < -0.4 is 10.2 Å². The van der Waals surface area contributed by atoms with Crippen molar-refractivity contribution < 1.29 is 14.3 Å². The van der Waals surface area contributed by atoms with Crippen LogP contribution in [0.25, 0.3) is 0 Å². The van der Waals surface area contributed by atoms with Gasteiger partial charge in [-0.2, -0.15) is 0 Å². The summed E-state index contributed by atoms with van der Waals surface area (Å²) < 4.78 is 5.27. The van der Waals surface area contributed by atoms with E-state index in [1.165, 1.54) is 0 Å². The summed E-state index contributed by atoms with van der Waals surface area (Å²) in [5.74, 6) is -0.0527. The van der Waals surface area contributed by atoms with Crippen LogP contribution in [0.1, 0.15) is 48.7 Å². The number of hydrogen-bond donors (Lipinski definition) is 1. The molecule has 0 saturated heterocycles. The lowest BCUT2D eigenvalue weighted by molar-refractivity contribution is 0.0523. The van der Waals surface area contributed by atoms with Crippen molar-refractivity contribution in [3.05, 3.63) is 64.2 Å². The zero-order valence-corrected chi connectivity index (χ0v) is 17.2. The van der Waals surface area contributed by atoms with Crippen molar-refractivity contribution in [2.45, 2.75) is 45.8 Å². The summed E-state index contributed by atoms with van der Waals surface area (Å²) in [5, 5.41) is 3.32. The molecule has 1 aliphatic heterocycles. The van der Waals surface area contributed by atoms with Crippen LogP contribution in [-0.4, -0.2) is 24.1 Å². The summed E-state index contributed by atoms with van der Waals surface area (Å²) in [5.41, 5.74) is 3.04. The number of aryl methyl sites for hydroxylation is 1. The lowest BCUT2D eigenvalue weighted by Gasteiger charge is -2.30. The van der Waals surface area contributed by atoms with Crippen molar-refractivity contribution in [2.24, 2.45) is 0 Å². The fourth-order valence-electron chi connectivity index (χ4n) is 3.24. The first kappa shape index (κ1) is 20.2. The second-order valence-electron chi connectivity index (χ2n) is 7.89. The number of carbonyl (C=O) groups excluding carboxylic acids is 2. The number of carbonyl (C=O) groups is 2. The number of fused-ring (bicyclic) bond motifs is 1. The number of benzene rings is 2. The number of hydrogen-bond acceptors (Lipinski definition) is 3. The third-order valence-electron chi connectivity index (χ3n) is 4.41. The van der Waals surface area contributed by atoms with Gasteiger partial charge in [-0.25, -0.2) is 4.79 Å². The third-order valence-corrected chi connectivity index (χ3v) is 4.65. The van der Waals surface area contributed by atoms with Gasteiger partial charge in [0.15, 0.2) is 0 Å². The first-order valence-electron chi connectivity index (χ1n) is 9.39. The molecule has 28 heavy (non-hydrogen) atoms. The summed E-state index contributed by atoms with van der Waals surface area (Å²) in [7, 11) is 0. The van der Waals surface area contributed by atoms with Gasteiger partial charge in [0.1, 0.15) is 5.60 Å². The molecule has 0 unspecified atom stereocenters. The maximum atomic E-state index is 12.9. The maximum Gasteiger partial charge on any atom is 0.407 e. The second-order valence-corrected chi connectivity index (χ2v) is 8.33. The topological polar surface area (TPSA) is 58.6 Å². The molecule has 0 fully saturated rings. The van der Waals surface area contributed by atoms with Gasteiger partial charge < -0.3 is 15.0 Å². The van der Waals surface area contributed by atoms with E-state index < -0.39 is 11.7 Å². The molecule has 2 amide bonds. The molecule has 148 valence electrons. The SMILES string of the molecule is CC(C)(C)OC(=O)NCc1ccc2c(c1)CCCN2C(=O)c1cccc(Cl)c1. The lowest BCUT2D eigenvalue weighted by Crippen LogP contribution is -2.35. The Morgan fingerprint density at radius 1 is 1.18 bits per heavy atom. The zero-order valence-electron chi connectivity index (χ0n) is 16.4. The average Bonchev–Trinajstić information content (AvgIpc) is 2.63. The predicted molar refractivity (Wildman–Crippen MR) is 111 cm³/mol. The van der Waals surface area contributed by atoms with Crippen molar-refractivity contribution in [2.75, 3.05) is 11.4 Å². The summed E-state index contributed by atoms with van der Waals surface area (Å²) in [4.78, 5) is 26.6. The molecular weight excluding hydrogens is 376 g/mol. The highest BCUT2D eigenvalue weighted by molar-refractivity contribution is 6.31. The van der Waals surface area contributed by atoms with Gasteiger partial charge in [0, 0.05) is 29.4 Å². The zero-order chi connectivity index (χ0) is 20.3. The van der Waals surface area contributed by atoms with Gasteiger partial charge in [-0.3, -0.25) is 4.79 Å². The number of rotatable bonds is 3. The van der Waals surface area contributed by atoms with E-state index in [0.29, 0.717) is 23.7 Å². The Morgan fingerprint density at radius 3 is 2.68 bits per heavy atom. The number of nitrogens with one attached hydrogen (secondary N) is 1. The number of halogens is 1. The van der Waals surface area contributed by atoms with E-state index in [1.54, 1.807) is 29.2 Å². The Balaban J connectivity index is 1.73. The molecular formula is C22H25ClN2O3. The van der Waals surface area contributed by atoms with E-state index in [1.807, 2.05) is 39.0 Å². The number of nitrogens with zero attached hydrogens (tertiary/aromatic N) is 1. The Kier molecular flexibility index (Phi) is 5.94. The Hall–Kier alpha value is -2.53. The van der Waals surface area contributed by atoms with Gasteiger partial charge in [-0.05, 0) is 69.0 Å². The fraction of sp³-hybridized carbons (Fsp3) is 0.364. The van der Waals surface area contributed by atoms with Gasteiger partial charge in [-0.1, -0.05) is 29.8 Å². The molecule has 1 N–H and O–H groups in total. The molecule has 2 aromatic rings. The third kappa shape index (κ3) is 5.04. The van der Waals surface area contributed by atoms with Crippen molar-refractivity contribution in [3.8, 4) is 0 Å². The molecule has 0 saturated carbocycles. The van der Waals surface area contributed by atoms with E-state index in [9.17, 15) is 9.59 Å². The molecule has 2 aromatic carbocycles. The molecule has 0 bridgehead atoms. The van der Waals surface area contributed by atoms with E-state index >= 15 is 0 Å². The van der Waals surface area contributed by atoms with Crippen LogP contribution >= 0.6 is 11.6 Å². The van der Waals surface area contributed by atoms with E-state index in [2.05, 4.69) is 5.32 Å². The van der Waals surface area contributed by atoms with Gasteiger partial charge in [-0.15, -0.1) is 0 Å². The summed E-state index contributed by atoms with van der Waals surface area (Å²) in [6.07, 6.45) is 1.35. The summed E-state index contributed by atoms with van der Waals surface area (Å²) in [6, 6.07) is 12.9. The van der Waals surface area contributed by atoms with Crippen LogP contribution in [0, 0.1) is 0 Å². The minimum Gasteiger partial charge on any atom is -0.444 e. The van der Waals surface area contributed by atoms with Gasteiger partial charge >= 0.3 is 6.09 Å². The predicted octanol–water partition coefficient (Wildman–Crippen LogP) is 4.96. The van der Waals surface area contributed by atoms with Crippen LogP contribution in [0.15, 0.2) is 42.5 Å². The van der Waals surface area contributed by atoms with E-state index in [-0.39, 0.29) is 5.91 Å². The number of amides is 2. The van der Waals surface area contributed by atoms with Crippen molar-refractivity contribution in [3.63, 3.8) is 0 Å². The standard InChI is InChI=1S/C22H25ClN2O3/c1-22(2,3)28-21(27)24-14-15-9-10-19-16(12-15)7-5-11-25(19)20(26)17-6-4-8-18(23)13-17/h4,6,8-10,12-13H,5,7,11,14H2,1-3H3,(H,24,27). The molecule has 1 aliphatic rings. The lowest BCUT2D eigenvalue weighted by atomic mass is 9.98. The van der Waals surface area contributed by atoms with Crippen LogP contribution in [0.5, 0.6) is 0 Å². The van der Waals surface area contributed by atoms with Gasteiger partial charge in [0.2, 0.25) is 0 Å². The Labute approximate surface area is 170 Å². The largest absolute Gasteiger partial charge is 0.444 e. The summed E-state index contributed by atoms with van der Waals surface area (Å²) >= 11 is 6.03. The highest BCUT2D eigenvalue weighted by atomic mass is 35.5. The smallest absolute Gasteiger partial charge is 0.407 e. The second kappa shape index (κ2) is 8.23. The van der Waals surface area contributed by atoms with Crippen LogP contribution in [-0.2, 0) is 17.7 Å². The molecule has 6 heteroatoms. The maximum absolute atomic E-state index is 12.9. The minimum atomic E-state index is -0.527. The highest BCUT2D eigenvalue weighted by Crippen LogP contribution is 2.30. The first-order chi connectivity index (χ1) is 13.2. The molecule has 0 aromatic heterocycles. The fourth-order valence-corrected chi connectivity index (χ4v) is 3.43. The Morgan fingerprint density at radius 2 is 1.96 bits per heavy atom.